The van der Waals surface area contributed by atoms with Crippen molar-refractivity contribution in [2.24, 2.45) is 0 Å². The van der Waals surface area contributed by atoms with Gasteiger partial charge in [0.25, 0.3) is 0 Å². The van der Waals surface area contributed by atoms with E-state index in [0.29, 0.717) is 5.82 Å². The third-order valence-corrected chi connectivity index (χ3v) is 2.73. The Kier molecular flexibility index (Phi) is 1.85. The fourth-order valence-electron chi connectivity index (χ4n) is 1.98. The van der Waals surface area contributed by atoms with Crippen molar-refractivity contribution < 1.29 is 4.74 Å². The van der Waals surface area contributed by atoms with Crippen molar-refractivity contribution in [3.63, 3.8) is 0 Å². The number of nitrogens with two attached hydrogens (primary N) is 1. The molecule has 0 spiro atoms. The van der Waals surface area contributed by atoms with E-state index in [4.69, 9.17) is 10.5 Å². The Labute approximate surface area is 86.9 Å². The highest BCUT2D eigenvalue weighted by atomic mass is 16.5. The van der Waals surface area contributed by atoms with Crippen LogP contribution in [0.4, 0.5) is 5.82 Å². The average molecular weight is 204 g/mol. The molecule has 0 saturated carbocycles. The monoisotopic (exact) mass is 204 g/mol. The molecule has 1 aliphatic heterocycles. The second-order valence-electron chi connectivity index (χ2n) is 3.71. The van der Waals surface area contributed by atoms with Crippen molar-refractivity contribution in [1.29, 1.82) is 0 Å². The molecular formula is C10H12N4O. The molecule has 0 radical (unpaired) electrons. The summed E-state index contributed by atoms with van der Waals surface area (Å²) in [6, 6.07) is 1.74. The molecule has 15 heavy (non-hydrogen) atoms. The first-order valence-electron chi connectivity index (χ1n) is 5.06. The van der Waals surface area contributed by atoms with Gasteiger partial charge in [-0.3, -0.25) is 0 Å². The van der Waals surface area contributed by atoms with Gasteiger partial charge in [-0.1, -0.05) is 0 Å². The largest absolute Gasteiger partial charge is 0.384 e. The fourth-order valence-corrected chi connectivity index (χ4v) is 1.98. The van der Waals surface area contributed by atoms with E-state index in [9.17, 15) is 0 Å². The maximum absolute atomic E-state index is 5.79. The van der Waals surface area contributed by atoms with Gasteiger partial charge in [-0.15, -0.1) is 0 Å². The average Bonchev–Trinajstić information content (AvgIpc) is 2.85. The minimum atomic E-state index is 0.136. The quantitative estimate of drug-likeness (QED) is 0.757. The van der Waals surface area contributed by atoms with Gasteiger partial charge in [0.15, 0.2) is 5.65 Å². The van der Waals surface area contributed by atoms with Crippen molar-refractivity contribution in [1.82, 2.24) is 14.6 Å². The maximum atomic E-state index is 5.79. The summed E-state index contributed by atoms with van der Waals surface area (Å²) in [7, 11) is 0. The van der Waals surface area contributed by atoms with Gasteiger partial charge in [-0.25, -0.2) is 4.98 Å². The van der Waals surface area contributed by atoms with E-state index in [1.165, 1.54) is 0 Å². The molecule has 78 valence electrons. The van der Waals surface area contributed by atoms with Crippen LogP contribution in [0, 0.1) is 0 Å². The molecule has 3 rings (SSSR count). The lowest BCUT2D eigenvalue weighted by atomic mass is 10.1. The summed E-state index contributed by atoms with van der Waals surface area (Å²) in [5.74, 6) is 0.601. The standard InChI is InChI=1S/C10H12N4O/c11-9-3-4-12-10-7(6-13-14(9)10)8-2-1-5-15-8/h3-4,6,8H,1-2,5,11H2. The van der Waals surface area contributed by atoms with Gasteiger partial charge in [-0.2, -0.15) is 9.61 Å². The van der Waals surface area contributed by atoms with Gasteiger partial charge in [0.2, 0.25) is 0 Å². The number of ether oxygens (including phenoxy) is 1. The molecule has 0 aromatic carbocycles. The van der Waals surface area contributed by atoms with Crippen molar-refractivity contribution >= 4 is 11.5 Å². The first-order chi connectivity index (χ1) is 7.36. The Morgan fingerprint density at radius 1 is 1.53 bits per heavy atom. The van der Waals surface area contributed by atoms with Gasteiger partial charge < -0.3 is 10.5 Å². The van der Waals surface area contributed by atoms with Gasteiger partial charge in [0.05, 0.1) is 12.3 Å². The molecule has 1 unspecified atom stereocenters. The molecule has 1 atom stereocenters. The number of nitrogens with zero attached hydrogens (tertiary/aromatic N) is 3. The Hall–Kier alpha value is -1.62. The van der Waals surface area contributed by atoms with Crippen LogP contribution < -0.4 is 5.73 Å². The summed E-state index contributed by atoms with van der Waals surface area (Å²) in [5, 5.41) is 4.21. The molecular weight excluding hydrogens is 192 g/mol. The Bertz CT molecular complexity index is 487. The molecule has 2 aromatic heterocycles. The molecule has 0 bridgehead atoms. The summed E-state index contributed by atoms with van der Waals surface area (Å²) in [4.78, 5) is 4.29. The Morgan fingerprint density at radius 3 is 3.27 bits per heavy atom. The lowest BCUT2D eigenvalue weighted by Gasteiger charge is -2.06. The molecule has 5 heteroatoms. The molecule has 5 nitrogen and oxygen atoms in total. The van der Waals surface area contributed by atoms with Crippen molar-refractivity contribution in [3.8, 4) is 0 Å². The van der Waals surface area contributed by atoms with Crippen LogP contribution >= 0.6 is 0 Å². The van der Waals surface area contributed by atoms with E-state index < -0.39 is 0 Å². The number of aromatic nitrogens is 3. The molecule has 1 saturated heterocycles. The summed E-state index contributed by atoms with van der Waals surface area (Å²) in [6.45, 7) is 0.824. The minimum absolute atomic E-state index is 0.136. The zero-order chi connectivity index (χ0) is 10.3. The topological polar surface area (TPSA) is 65.4 Å². The molecule has 3 heterocycles. The van der Waals surface area contributed by atoms with E-state index in [0.717, 1.165) is 30.7 Å². The van der Waals surface area contributed by atoms with E-state index in [2.05, 4.69) is 10.1 Å². The molecule has 2 N–H and O–H groups in total. The van der Waals surface area contributed by atoms with Crippen LogP contribution in [-0.4, -0.2) is 21.2 Å². The highest BCUT2D eigenvalue weighted by Crippen LogP contribution is 2.30. The summed E-state index contributed by atoms with van der Waals surface area (Å²) >= 11 is 0. The lowest BCUT2D eigenvalue weighted by Crippen LogP contribution is -2.01. The number of hydrogen-bond acceptors (Lipinski definition) is 4. The number of nitrogen functional groups attached to an aromatic ring is 1. The Balaban J connectivity index is 2.15. The van der Waals surface area contributed by atoms with Crippen LogP contribution in [0.3, 0.4) is 0 Å². The third-order valence-electron chi connectivity index (χ3n) is 2.73. The number of rotatable bonds is 1. The number of hydrogen-bond donors (Lipinski definition) is 1. The van der Waals surface area contributed by atoms with Gasteiger partial charge in [-0.05, 0) is 18.9 Å². The maximum Gasteiger partial charge on any atom is 0.163 e. The smallest absolute Gasteiger partial charge is 0.163 e. The van der Waals surface area contributed by atoms with Crippen LogP contribution in [-0.2, 0) is 4.74 Å². The van der Waals surface area contributed by atoms with Crippen LogP contribution in [0.1, 0.15) is 24.5 Å². The zero-order valence-corrected chi connectivity index (χ0v) is 8.26. The van der Waals surface area contributed by atoms with Crippen LogP contribution in [0.5, 0.6) is 0 Å². The van der Waals surface area contributed by atoms with Gasteiger partial charge >= 0.3 is 0 Å². The third kappa shape index (κ3) is 1.27. The second-order valence-corrected chi connectivity index (χ2v) is 3.71. The van der Waals surface area contributed by atoms with Gasteiger partial charge in [0.1, 0.15) is 5.82 Å². The van der Waals surface area contributed by atoms with E-state index in [1.54, 1.807) is 23.0 Å². The Morgan fingerprint density at radius 2 is 2.47 bits per heavy atom. The highest BCUT2D eigenvalue weighted by Gasteiger charge is 2.22. The lowest BCUT2D eigenvalue weighted by molar-refractivity contribution is 0.113. The number of fused-ring (bicyclic) bond motifs is 1. The van der Waals surface area contributed by atoms with E-state index in [-0.39, 0.29) is 6.10 Å². The highest BCUT2D eigenvalue weighted by molar-refractivity contribution is 5.52. The fraction of sp³-hybridized carbons (Fsp3) is 0.400. The summed E-state index contributed by atoms with van der Waals surface area (Å²) in [6.07, 6.45) is 5.78. The number of anilines is 1. The summed E-state index contributed by atoms with van der Waals surface area (Å²) in [5.41, 5.74) is 7.64. The van der Waals surface area contributed by atoms with Crippen LogP contribution in [0.15, 0.2) is 18.5 Å². The molecule has 0 aliphatic carbocycles. The van der Waals surface area contributed by atoms with E-state index >= 15 is 0 Å². The normalized spacial score (nSPS) is 21.2. The predicted molar refractivity (Wildman–Crippen MR) is 55.3 cm³/mol. The summed E-state index contributed by atoms with van der Waals surface area (Å²) < 4.78 is 7.26. The van der Waals surface area contributed by atoms with Crippen molar-refractivity contribution in [3.05, 3.63) is 24.0 Å². The predicted octanol–water partition coefficient (Wildman–Crippen LogP) is 1.16. The SMILES string of the molecule is Nc1ccnc2c(C3CCCO3)cnn12. The minimum Gasteiger partial charge on any atom is -0.384 e. The molecule has 1 fully saturated rings. The first-order valence-corrected chi connectivity index (χ1v) is 5.06. The van der Waals surface area contributed by atoms with Crippen molar-refractivity contribution in [2.75, 3.05) is 12.3 Å². The molecule has 0 amide bonds. The van der Waals surface area contributed by atoms with Crippen LogP contribution in [0.2, 0.25) is 0 Å². The molecule has 2 aromatic rings. The first kappa shape index (κ1) is 8.67. The molecule has 1 aliphatic rings. The van der Waals surface area contributed by atoms with E-state index in [1.807, 2.05) is 0 Å². The zero-order valence-electron chi connectivity index (χ0n) is 8.26. The second kappa shape index (κ2) is 3.20. The van der Waals surface area contributed by atoms with Crippen LogP contribution in [0.25, 0.3) is 5.65 Å². The van der Waals surface area contributed by atoms with Gasteiger partial charge in [0, 0.05) is 18.4 Å². The van der Waals surface area contributed by atoms with Crippen molar-refractivity contribution in [2.45, 2.75) is 18.9 Å².